The number of ether oxygens (including phenoxy) is 1. The second-order valence-corrected chi connectivity index (χ2v) is 8.20. The van der Waals surface area contributed by atoms with E-state index in [9.17, 15) is 0 Å². The van der Waals surface area contributed by atoms with Gasteiger partial charge in [-0.15, -0.1) is 0 Å². The number of guanidine groups is 1. The summed E-state index contributed by atoms with van der Waals surface area (Å²) < 4.78 is 5.97. The number of nitrogens with one attached hydrogen (secondary N) is 2. The molecule has 1 saturated heterocycles. The van der Waals surface area contributed by atoms with Crippen LogP contribution in [0.2, 0.25) is 0 Å². The third-order valence-electron chi connectivity index (χ3n) is 5.71. The minimum atomic E-state index is 0.496. The van der Waals surface area contributed by atoms with Gasteiger partial charge in [-0.3, -0.25) is 0 Å². The van der Waals surface area contributed by atoms with Crippen LogP contribution in [0.25, 0.3) is 0 Å². The van der Waals surface area contributed by atoms with Crippen molar-refractivity contribution in [2.24, 2.45) is 4.99 Å². The highest BCUT2D eigenvalue weighted by Gasteiger charge is 2.19. The standard InChI is InChI=1S/C26H38N4O/c1-3-16-30-17-14-25(15-18-30)29-26(27-4-2)28-19-23-12-8-9-13-24(23)21-31-20-22-10-6-5-7-11-22/h5-13,25H,3-4,14-21H2,1-2H3,(H2,27,28,29). The Kier molecular flexibility index (Phi) is 9.87. The molecular weight excluding hydrogens is 384 g/mol. The largest absolute Gasteiger partial charge is 0.372 e. The molecule has 0 spiro atoms. The second kappa shape index (κ2) is 13.1. The molecule has 0 unspecified atom stereocenters. The molecule has 5 heteroatoms. The van der Waals surface area contributed by atoms with E-state index in [1.807, 2.05) is 18.2 Å². The zero-order valence-electron chi connectivity index (χ0n) is 19.1. The number of aliphatic imine (C=N–C) groups is 1. The van der Waals surface area contributed by atoms with Crippen LogP contribution in [-0.2, 0) is 24.5 Å². The highest BCUT2D eigenvalue weighted by molar-refractivity contribution is 5.80. The van der Waals surface area contributed by atoms with E-state index in [0.29, 0.717) is 25.8 Å². The second-order valence-electron chi connectivity index (χ2n) is 8.20. The Morgan fingerprint density at radius 1 is 0.968 bits per heavy atom. The maximum Gasteiger partial charge on any atom is 0.191 e. The van der Waals surface area contributed by atoms with Gasteiger partial charge in [-0.1, -0.05) is 61.5 Å². The summed E-state index contributed by atoms with van der Waals surface area (Å²) in [4.78, 5) is 7.45. The van der Waals surface area contributed by atoms with Gasteiger partial charge in [0.15, 0.2) is 5.96 Å². The van der Waals surface area contributed by atoms with E-state index < -0.39 is 0 Å². The van der Waals surface area contributed by atoms with Gasteiger partial charge in [-0.05, 0) is 49.4 Å². The molecule has 0 radical (unpaired) electrons. The minimum absolute atomic E-state index is 0.496. The summed E-state index contributed by atoms with van der Waals surface area (Å²) in [5.74, 6) is 0.913. The van der Waals surface area contributed by atoms with Crippen LogP contribution in [0.5, 0.6) is 0 Å². The van der Waals surface area contributed by atoms with Crippen molar-refractivity contribution in [1.29, 1.82) is 0 Å². The van der Waals surface area contributed by atoms with Crippen molar-refractivity contribution >= 4 is 5.96 Å². The quantitative estimate of drug-likeness (QED) is 0.442. The van der Waals surface area contributed by atoms with Gasteiger partial charge in [-0.2, -0.15) is 0 Å². The number of likely N-dealkylation sites (tertiary alicyclic amines) is 1. The number of piperidine rings is 1. The average molecular weight is 423 g/mol. The number of rotatable bonds is 10. The smallest absolute Gasteiger partial charge is 0.191 e. The monoisotopic (exact) mass is 422 g/mol. The van der Waals surface area contributed by atoms with Crippen molar-refractivity contribution in [2.75, 3.05) is 26.2 Å². The predicted octanol–water partition coefficient (Wildman–Crippen LogP) is 4.33. The van der Waals surface area contributed by atoms with E-state index in [-0.39, 0.29) is 0 Å². The third kappa shape index (κ3) is 8.00. The first kappa shape index (κ1) is 23.3. The molecule has 1 aliphatic heterocycles. The summed E-state index contributed by atoms with van der Waals surface area (Å²) in [5, 5.41) is 7.07. The molecule has 2 N–H and O–H groups in total. The summed E-state index contributed by atoms with van der Waals surface area (Å²) >= 11 is 0. The van der Waals surface area contributed by atoms with Gasteiger partial charge in [0.05, 0.1) is 19.8 Å². The molecule has 0 aliphatic carbocycles. The van der Waals surface area contributed by atoms with Gasteiger partial charge >= 0.3 is 0 Å². The number of nitrogens with zero attached hydrogens (tertiary/aromatic N) is 2. The van der Waals surface area contributed by atoms with E-state index in [1.165, 1.54) is 55.6 Å². The van der Waals surface area contributed by atoms with Gasteiger partial charge in [0.25, 0.3) is 0 Å². The van der Waals surface area contributed by atoms with Crippen LogP contribution in [0.3, 0.4) is 0 Å². The Bertz CT molecular complexity index is 785. The molecule has 0 atom stereocenters. The number of hydrogen-bond donors (Lipinski definition) is 2. The molecule has 0 aromatic heterocycles. The molecular formula is C26H38N4O. The Hall–Kier alpha value is -2.37. The minimum Gasteiger partial charge on any atom is -0.372 e. The molecule has 5 nitrogen and oxygen atoms in total. The first-order valence-electron chi connectivity index (χ1n) is 11.7. The van der Waals surface area contributed by atoms with Crippen molar-refractivity contribution in [3.8, 4) is 0 Å². The molecule has 0 amide bonds. The lowest BCUT2D eigenvalue weighted by atomic mass is 10.1. The summed E-state index contributed by atoms with van der Waals surface area (Å²) in [6, 6.07) is 19.2. The van der Waals surface area contributed by atoms with E-state index >= 15 is 0 Å². The van der Waals surface area contributed by atoms with Gasteiger partial charge < -0.3 is 20.3 Å². The zero-order chi connectivity index (χ0) is 21.7. The lowest BCUT2D eigenvalue weighted by Gasteiger charge is -2.32. The van der Waals surface area contributed by atoms with E-state index in [1.54, 1.807) is 0 Å². The fourth-order valence-electron chi connectivity index (χ4n) is 4.00. The first-order chi connectivity index (χ1) is 15.3. The van der Waals surface area contributed by atoms with Crippen molar-refractivity contribution in [1.82, 2.24) is 15.5 Å². The molecule has 3 rings (SSSR count). The van der Waals surface area contributed by atoms with Gasteiger partial charge in [0, 0.05) is 25.7 Å². The maximum absolute atomic E-state index is 5.97. The van der Waals surface area contributed by atoms with E-state index in [0.717, 1.165) is 12.5 Å². The SMILES string of the molecule is CCCN1CCC(NC(=NCc2ccccc2COCc2ccccc2)NCC)CC1. The molecule has 1 fully saturated rings. The fraction of sp³-hybridized carbons (Fsp3) is 0.500. The highest BCUT2D eigenvalue weighted by atomic mass is 16.5. The number of benzene rings is 2. The Balaban J connectivity index is 1.54. The third-order valence-corrected chi connectivity index (χ3v) is 5.71. The average Bonchev–Trinajstić information content (AvgIpc) is 2.80. The predicted molar refractivity (Wildman–Crippen MR) is 129 cm³/mol. The van der Waals surface area contributed by atoms with Crippen LogP contribution in [0.15, 0.2) is 59.6 Å². The molecule has 1 heterocycles. The van der Waals surface area contributed by atoms with Crippen LogP contribution >= 0.6 is 0 Å². The molecule has 0 saturated carbocycles. The summed E-state index contributed by atoms with van der Waals surface area (Å²) in [5.41, 5.74) is 3.61. The van der Waals surface area contributed by atoms with Crippen molar-refractivity contribution in [3.05, 3.63) is 71.3 Å². The van der Waals surface area contributed by atoms with Gasteiger partial charge in [0.1, 0.15) is 0 Å². The summed E-state index contributed by atoms with van der Waals surface area (Å²) in [6.45, 7) is 10.7. The zero-order valence-corrected chi connectivity index (χ0v) is 19.1. The summed E-state index contributed by atoms with van der Waals surface area (Å²) in [6.07, 6.45) is 3.58. The van der Waals surface area contributed by atoms with E-state index in [4.69, 9.17) is 9.73 Å². The van der Waals surface area contributed by atoms with Crippen LogP contribution in [0, 0.1) is 0 Å². The lowest BCUT2D eigenvalue weighted by Crippen LogP contribution is -2.48. The molecule has 168 valence electrons. The lowest BCUT2D eigenvalue weighted by molar-refractivity contribution is 0.106. The van der Waals surface area contributed by atoms with Gasteiger partial charge in [0.2, 0.25) is 0 Å². The van der Waals surface area contributed by atoms with Crippen LogP contribution < -0.4 is 10.6 Å². The van der Waals surface area contributed by atoms with Crippen LogP contribution in [-0.4, -0.2) is 43.1 Å². The molecule has 31 heavy (non-hydrogen) atoms. The Morgan fingerprint density at radius 2 is 1.68 bits per heavy atom. The Labute approximate surface area is 187 Å². The molecule has 0 bridgehead atoms. The Morgan fingerprint density at radius 3 is 2.39 bits per heavy atom. The van der Waals surface area contributed by atoms with Crippen molar-refractivity contribution < 1.29 is 4.74 Å². The van der Waals surface area contributed by atoms with Crippen LogP contribution in [0.1, 0.15) is 49.8 Å². The number of hydrogen-bond acceptors (Lipinski definition) is 3. The van der Waals surface area contributed by atoms with E-state index in [2.05, 4.69) is 65.8 Å². The molecule has 1 aliphatic rings. The van der Waals surface area contributed by atoms with Crippen molar-refractivity contribution in [2.45, 2.75) is 58.9 Å². The maximum atomic E-state index is 5.97. The van der Waals surface area contributed by atoms with Gasteiger partial charge in [-0.25, -0.2) is 4.99 Å². The highest BCUT2D eigenvalue weighted by Crippen LogP contribution is 2.14. The summed E-state index contributed by atoms with van der Waals surface area (Å²) in [7, 11) is 0. The van der Waals surface area contributed by atoms with Crippen molar-refractivity contribution in [3.63, 3.8) is 0 Å². The fourth-order valence-corrected chi connectivity index (χ4v) is 4.00. The normalized spacial score (nSPS) is 15.7. The topological polar surface area (TPSA) is 48.9 Å². The molecule has 2 aromatic carbocycles. The first-order valence-corrected chi connectivity index (χ1v) is 11.7. The van der Waals surface area contributed by atoms with Crippen LogP contribution in [0.4, 0.5) is 0 Å². The molecule has 2 aromatic rings.